The predicted octanol–water partition coefficient (Wildman–Crippen LogP) is 1.03. The van der Waals surface area contributed by atoms with Crippen LogP contribution in [0.2, 0.25) is 0 Å². The van der Waals surface area contributed by atoms with E-state index >= 15 is 0 Å². The second kappa shape index (κ2) is 5.29. The van der Waals surface area contributed by atoms with Gasteiger partial charge in [-0.15, -0.1) is 10.2 Å². The lowest BCUT2D eigenvalue weighted by atomic mass is 10.2. The first-order valence-corrected chi connectivity index (χ1v) is 5.03. The number of rotatable bonds is 5. The van der Waals surface area contributed by atoms with Crippen molar-refractivity contribution in [3.8, 4) is 5.88 Å². The van der Waals surface area contributed by atoms with Crippen molar-refractivity contribution in [1.82, 2.24) is 10.2 Å². The largest absolute Gasteiger partial charge is 0.480 e. The molecule has 0 saturated carbocycles. The van der Waals surface area contributed by atoms with Crippen molar-refractivity contribution in [3.63, 3.8) is 0 Å². The van der Waals surface area contributed by atoms with E-state index in [-0.39, 0.29) is 11.4 Å². The number of hydrogen-bond acceptors (Lipinski definition) is 5. The van der Waals surface area contributed by atoms with Crippen LogP contribution in [0.25, 0.3) is 0 Å². The number of aromatic nitrogens is 2. The zero-order valence-electron chi connectivity index (χ0n) is 9.60. The summed E-state index contributed by atoms with van der Waals surface area (Å²) in [7, 11) is 1.42. The molecule has 0 atom stereocenters. The SMILES string of the molecule is CCN(CC)c1nnc(OC)cc1C(=O)O. The van der Waals surface area contributed by atoms with Crippen LogP contribution < -0.4 is 9.64 Å². The summed E-state index contributed by atoms with van der Waals surface area (Å²) in [5.41, 5.74) is 0.107. The van der Waals surface area contributed by atoms with Crippen molar-refractivity contribution >= 4 is 11.8 Å². The number of ether oxygens (including phenoxy) is 1. The Labute approximate surface area is 93.9 Å². The highest BCUT2D eigenvalue weighted by Gasteiger charge is 2.17. The number of nitrogens with zero attached hydrogens (tertiary/aromatic N) is 3. The lowest BCUT2D eigenvalue weighted by molar-refractivity contribution is 0.0696. The van der Waals surface area contributed by atoms with Crippen LogP contribution in [0, 0.1) is 0 Å². The summed E-state index contributed by atoms with van der Waals surface area (Å²) in [6.45, 7) is 5.22. The van der Waals surface area contributed by atoms with E-state index in [1.807, 2.05) is 18.7 Å². The second-order valence-corrected chi connectivity index (χ2v) is 3.10. The molecule has 16 heavy (non-hydrogen) atoms. The molecule has 0 aliphatic carbocycles. The molecule has 6 nitrogen and oxygen atoms in total. The first-order chi connectivity index (χ1) is 7.63. The molecule has 1 rings (SSSR count). The topological polar surface area (TPSA) is 75.5 Å². The first kappa shape index (κ1) is 12.2. The van der Waals surface area contributed by atoms with Crippen molar-refractivity contribution in [2.45, 2.75) is 13.8 Å². The molecule has 1 heterocycles. The Morgan fingerprint density at radius 3 is 2.50 bits per heavy atom. The van der Waals surface area contributed by atoms with Gasteiger partial charge in [-0.3, -0.25) is 0 Å². The molecule has 0 aliphatic rings. The molecule has 0 amide bonds. The van der Waals surface area contributed by atoms with Crippen LogP contribution in [-0.2, 0) is 0 Å². The number of aromatic carboxylic acids is 1. The molecular weight excluding hydrogens is 210 g/mol. The monoisotopic (exact) mass is 225 g/mol. The minimum atomic E-state index is -1.03. The number of anilines is 1. The molecule has 0 aliphatic heterocycles. The number of carbonyl (C=O) groups is 1. The zero-order valence-corrected chi connectivity index (χ0v) is 9.60. The third kappa shape index (κ3) is 2.39. The lowest BCUT2D eigenvalue weighted by Gasteiger charge is -2.20. The zero-order chi connectivity index (χ0) is 12.1. The van der Waals surface area contributed by atoms with Crippen LogP contribution >= 0.6 is 0 Å². The van der Waals surface area contributed by atoms with E-state index in [1.54, 1.807) is 0 Å². The number of carboxylic acid groups (broad SMARTS) is 1. The van der Waals surface area contributed by atoms with Gasteiger partial charge in [0.2, 0.25) is 5.88 Å². The average molecular weight is 225 g/mol. The van der Waals surface area contributed by atoms with Crippen LogP contribution in [0.4, 0.5) is 5.82 Å². The fourth-order valence-corrected chi connectivity index (χ4v) is 1.38. The lowest BCUT2D eigenvalue weighted by Crippen LogP contribution is -2.26. The first-order valence-electron chi connectivity index (χ1n) is 5.03. The summed E-state index contributed by atoms with van der Waals surface area (Å²) in [5, 5.41) is 16.7. The molecule has 6 heteroatoms. The molecule has 0 radical (unpaired) electrons. The van der Waals surface area contributed by atoms with E-state index in [9.17, 15) is 4.79 Å². The van der Waals surface area contributed by atoms with Crippen LogP contribution in [0.5, 0.6) is 5.88 Å². The standard InChI is InChI=1S/C10H15N3O3/c1-4-13(5-2)9-7(10(14)15)6-8(16-3)11-12-9/h6H,4-5H2,1-3H3,(H,14,15). The van der Waals surface area contributed by atoms with Crippen LogP contribution in [0.1, 0.15) is 24.2 Å². The maximum atomic E-state index is 11.1. The van der Waals surface area contributed by atoms with Gasteiger partial charge in [0.25, 0.3) is 0 Å². The summed E-state index contributed by atoms with van der Waals surface area (Å²) in [6, 6.07) is 1.38. The normalized spacial score (nSPS) is 9.94. The fraction of sp³-hybridized carbons (Fsp3) is 0.500. The van der Waals surface area contributed by atoms with Crippen molar-refractivity contribution in [3.05, 3.63) is 11.6 Å². The van der Waals surface area contributed by atoms with Gasteiger partial charge in [0, 0.05) is 19.2 Å². The highest BCUT2D eigenvalue weighted by molar-refractivity contribution is 5.93. The van der Waals surface area contributed by atoms with Gasteiger partial charge in [-0.2, -0.15) is 0 Å². The van der Waals surface area contributed by atoms with Crippen molar-refractivity contribution in [1.29, 1.82) is 0 Å². The van der Waals surface area contributed by atoms with Gasteiger partial charge in [-0.1, -0.05) is 0 Å². The molecule has 1 N–H and O–H groups in total. The van der Waals surface area contributed by atoms with Gasteiger partial charge < -0.3 is 14.7 Å². The molecular formula is C10H15N3O3. The average Bonchev–Trinajstić information content (AvgIpc) is 2.30. The number of hydrogen-bond donors (Lipinski definition) is 1. The second-order valence-electron chi connectivity index (χ2n) is 3.10. The summed E-state index contributed by atoms with van der Waals surface area (Å²) in [5.74, 6) is -0.457. The molecule has 0 unspecified atom stereocenters. The predicted molar refractivity (Wildman–Crippen MR) is 59.1 cm³/mol. The van der Waals surface area contributed by atoms with Crippen molar-refractivity contribution in [2.75, 3.05) is 25.1 Å². The van der Waals surface area contributed by atoms with Gasteiger partial charge >= 0.3 is 5.97 Å². The quantitative estimate of drug-likeness (QED) is 0.806. The Morgan fingerprint density at radius 2 is 2.06 bits per heavy atom. The van der Waals surface area contributed by atoms with Gasteiger partial charge in [-0.25, -0.2) is 4.79 Å². The number of methoxy groups -OCH3 is 1. The Hall–Kier alpha value is -1.85. The molecule has 1 aromatic rings. The van der Waals surface area contributed by atoms with Crippen molar-refractivity contribution in [2.24, 2.45) is 0 Å². The van der Waals surface area contributed by atoms with E-state index in [0.29, 0.717) is 18.9 Å². The Morgan fingerprint density at radius 1 is 1.44 bits per heavy atom. The summed E-state index contributed by atoms with van der Waals surface area (Å²) in [4.78, 5) is 12.9. The third-order valence-electron chi connectivity index (χ3n) is 2.25. The van der Waals surface area contributed by atoms with Crippen LogP contribution in [-0.4, -0.2) is 41.5 Å². The molecule has 0 fully saturated rings. The fourth-order valence-electron chi connectivity index (χ4n) is 1.38. The molecule has 0 aromatic carbocycles. The number of carboxylic acids is 1. The van der Waals surface area contributed by atoms with Gasteiger partial charge in [0.1, 0.15) is 5.56 Å². The minimum Gasteiger partial charge on any atom is -0.480 e. The van der Waals surface area contributed by atoms with E-state index in [2.05, 4.69) is 10.2 Å². The molecule has 0 saturated heterocycles. The van der Waals surface area contributed by atoms with E-state index < -0.39 is 5.97 Å². The van der Waals surface area contributed by atoms with E-state index in [0.717, 1.165) is 0 Å². The Bertz CT molecular complexity index is 378. The smallest absolute Gasteiger partial charge is 0.339 e. The maximum absolute atomic E-state index is 11.1. The van der Waals surface area contributed by atoms with Gasteiger partial charge in [0.05, 0.1) is 7.11 Å². The van der Waals surface area contributed by atoms with E-state index in [4.69, 9.17) is 9.84 Å². The minimum absolute atomic E-state index is 0.107. The molecule has 0 bridgehead atoms. The molecule has 0 spiro atoms. The van der Waals surface area contributed by atoms with E-state index in [1.165, 1.54) is 13.2 Å². The summed E-state index contributed by atoms with van der Waals surface area (Å²) < 4.78 is 4.85. The summed E-state index contributed by atoms with van der Waals surface area (Å²) >= 11 is 0. The highest BCUT2D eigenvalue weighted by Crippen LogP contribution is 2.20. The molecule has 88 valence electrons. The molecule has 1 aromatic heterocycles. The Balaban J connectivity index is 3.21. The van der Waals surface area contributed by atoms with Crippen molar-refractivity contribution < 1.29 is 14.6 Å². The van der Waals surface area contributed by atoms with Crippen LogP contribution in [0.15, 0.2) is 6.07 Å². The highest BCUT2D eigenvalue weighted by atomic mass is 16.5. The van der Waals surface area contributed by atoms with Gasteiger partial charge in [0.15, 0.2) is 5.82 Å². The Kier molecular flexibility index (Phi) is 4.04. The summed E-state index contributed by atoms with van der Waals surface area (Å²) in [6.07, 6.45) is 0. The third-order valence-corrected chi connectivity index (χ3v) is 2.25. The van der Waals surface area contributed by atoms with Crippen LogP contribution in [0.3, 0.4) is 0 Å². The van der Waals surface area contributed by atoms with Gasteiger partial charge in [-0.05, 0) is 13.8 Å². The maximum Gasteiger partial charge on any atom is 0.339 e.